The Kier molecular flexibility index (Phi) is 34.4. The van der Waals surface area contributed by atoms with Crippen molar-refractivity contribution < 1.29 is 84.5 Å². The number of rotatable bonds is 24. The lowest BCUT2D eigenvalue weighted by Crippen LogP contribution is -2.12. The van der Waals surface area contributed by atoms with Gasteiger partial charge in [-0.05, 0) is 103 Å². The van der Waals surface area contributed by atoms with Gasteiger partial charge in [-0.2, -0.15) is 39.5 Å². The van der Waals surface area contributed by atoms with Crippen LogP contribution in [-0.4, -0.2) is 78.4 Å². The van der Waals surface area contributed by atoms with Crippen LogP contribution < -0.4 is 9.47 Å². The molecule has 9 nitrogen and oxygen atoms in total. The molecule has 0 bridgehead atoms. The van der Waals surface area contributed by atoms with Crippen molar-refractivity contribution in [2.45, 2.75) is 123 Å². The molecule has 0 aliphatic heterocycles. The van der Waals surface area contributed by atoms with E-state index in [0.29, 0.717) is 36.5 Å². The third kappa shape index (κ3) is 31.3. The largest absolute Gasteiger partial charge is 1.00 e. The molecule has 0 radical (unpaired) electrons. The highest BCUT2D eigenvalue weighted by atomic mass is 79.9. The van der Waals surface area contributed by atoms with E-state index in [0.717, 1.165) is 33.4 Å². The number of aliphatic carboxylic acids is 1. The van der Waals surface area contributed by atoms with Crippen molar-refractivity contribution in [1.82, 2.24) is 0 Å². The average Bonchev–Trinajstić information content (AvgIpc) is 3.44. The summed E-state index contributed by atoms with van der Waals surface area (Å²) < 4.78 is 127. The molecule has 2 N–H and O–H groups in total. The number of carboxylic acids is 1. The fourth-order valence-corrected chi connectivity index (χ4v) is 8.06. The van der Waals surface area contributed by atoms with Gasteiger partial charge in [-0.25, -0.2) is 0 Å². The molecule has 6 rings (SSSR count). The number of benzene rings is 6. The summed E-state index contributed by atoms with van der Waals surface area (Å²) in [6, 6.07) is 49.6. The first-order valence-corrected chi connectivity index (χ1v) is 26.8. The fourth-order valence-electron chi connectivity index (χ4n) is 7.78. The van der Waals surface area contributed by atoms with Crippen molar-refractivity contribution in [2.24, 2.45) is 0 Å². The number of esters is 2. The molecule has 3 atom stereocenters. The van der Waals surface area contributed by atoms with Crippen molar-refractivity contribution >= 4 is 33.8 Å². The second-order valence-corrected chi connectivity index (χ2v) is 18.6. The Morgan fingerprint density at radius 1 is 0.451 bits per heavy atom. The zero-order chi connectivity index (χ0) is 59.0. The highest BCUT2D eigenvalue weighted by Crippen LogP contribution is 2.33. The summed E-state index contributed by atoms with van der Waals surface area (Å²) in [7, 11) is 0. The van der Waals surface area contributed by atoms with Crippen LogP contribution in [0, 0.1) is 0 Å². The molecule has 19 heteroatoms. The van der Waals surface area contributed by atoms with Crippen LogP contribution in [-0.2, 0) is 23.9 Å². The Hall–Kier alpha value is -7.02. The first kappa shape index (κ1) is 73.0. The van der Waals surface area contributed by atoms with Gasteiger partial charge in [0.1, 0.15) is 17.2 Å². The molecule has 0 saturated heterocycles. The minimum absolute atomic E-state index is 0. The van der Waals surface area contributed by atoms with Gasteiger partial charge in [-0.15, -0.1) is 0 Å². The van der Waals surface area contributed by atoms with Crippen LogP contribution in [0.2, 0.25) is 0 Å². The number of halogens is 10. The topological polar surface area (TPSA) is 129 Å². The van der Waals surface area contributed by atoms with Gasteiger partial charge in [0.2, 0.25) is 0 Å². The Bertz CT molecular complexity index is 2650. The van der Waals surface area contributed by atoms with Gasteiger partial charge in [0.25, 0.3) is 0 Å². The van der Waals surface area contributed by atoms with Crippen LogP contribution in [0.3, 0.4) is 0 Å². The van der Waals surface area contributed by atoms with Gasteiger partial charge in [0.15, 0.2) is 0 Å². The van der Waals surface area contributed by atoms with Gasteiger partial charge >= 0.3 is 36.4 Å². The maximum Gasteiger partial charge on any atom is 0.389 e. The molecule has 0 aromatic heterocycles. The molecule has 0 fully saturated rings. The number of carbonyl (C=O) groups excluding carboxylic acids is 2. The number of phenols is 1. The van der Waals surface area contributed by atoms with E-state index in [-0.39, 0.29) is 97.0 Å². The van der Waals surface area contributed by atoms with Crippen LogP contribution in [0.4, 0.5) is 39.5 Å². The molecule has 0 aliphatic carbocycles. The van der Waals surface area contributed by atoms with Gasteiger partial charge in [-0.1, -0.05) is 158 Å². The monoisotopic (exact) mass is 1230 g/mol. The predicted molar refractivity (Wildman–Crippen MR) is 306 cm³/mol. The highest BCUT2D eigenvalue weighted by Gasteiger charge is 2.28. The summed E-state index contributed by atoms with van der Waals surface area (Å²) in [5.41, 5.74) is 5.66. The second kappa shape index (κ2) is 38.6. The normalized spacial score (nSPS) is 12.0. The summed E-state index contributed by atoms with van der Waals surface area (Å²) >= 11 is 2.90. The SMILES string of the molecule is C.C.CCOC(=O)CC(c1ccccc1)c1ccc(O)cc1.CCOC(=O)CC(c1ccccc1)c1ccc(OCCCC(F)(F)F)cc1.FC(F)(F)CCCBr.O=C(O)CC(c1ccccc1)c1ccc(OCCCC(F)(F)F)cc1.[2H-]. The number of carbonyl (C=O) groups is 3. The Morgan fingerprint density at radius 3 is 1.00 bits per heavy atom. The molecule has 0 aliphatic rings. The molecule has 0 saturated carbocycles. The number of hydrogen-bond donors (Lipinski definition) is 2. The molecule has 6 aromatic rings. The van der Waals surface area contributed by atoms with E-state index in [1.54, 1.807) is 62.4 Å². The molecule has 0 spiro atoms. The van der Waals surface area contributed by atoms with E-state index in [1.807, 2.05) is 115 Å². The first-order chi connectivity index (χ1) is 38.0. The van der Waals surface area contributed by atoms with Gasteiger partial charge < -0.3 is 30.6 Å². The highest BCUT2D eigenvalue weighted by molar-refractivity contribution is 9.09. The Morgan fingerprint density at radius 2 is 0.732 bits per heavy atom. The third-order valence-electron chi connectivity index (χ3n) is 11.5. The van der Waals surface area contributed by atoms with Crippen molar-refractivity contribution in [3.05, 3.63) is 197 Å². The number of alkyl halides is 10. The van der Waals surface area contributed by atoms with Crippen LogP contribution >= 0.6 is 15.9 Å². The summed E-state index contributed by atoms with van der Waals surface area (Å²) in [5.74, 6) is -0.721. The van der Waals surface area contributed by atoms with Crippen LogP contribution in [0.5, 0.6) is 17.2 Å². The quantitative estimate of drug-likeness (QED) is 0.0263. The second-order valence-electron chi connectivity index (χ2n) is 17.8. The summed E-state index contributed by atoms with van der Waals surface area (Å²) in [5, 5.41) is 19.0. The Balaban J connectivity index is 0.00000113. The number of aromatic hydroxyl groups is 1. The Labute approximate surface area is 485 Å². The maximum atomic E-state index is 12.2. The fraction of sp³-hybridized carbons (Fsp3) is 0.381. The molecular weight excluding hydrogens is 1150 g/mol. The zero-order valence-electron chi connectivity index (χ0n) is 45.3. The van der Waals surface area contributed by atoms with E-state index in [4.69, 9.17) is 24.1 Å². The standard InChI is InChI=1S/C21H23F3O3.C19H19F3O3.C17H18O3.C4H6BrF3.2CH4.H/c1-2-26-20(25)15-19(16-7-4-3-5-8-16)17-9-11-18(12-10-17)27-14-6-13-21(22,23)24;20-19(21,22)11-4-12-25-16-9-7-15(8-10-16)17(13-18(23)24)14-5-2-1-3-6-14;1-2-20-17(19)12-16(13-6-4-3-5-7-13)14-8-10-15(18)11-9-14;5-3-1-2-4(6,7)8;;;/h3-5,7-12,19H,2,6,13-15H2,1H3;1-3,5-10,17H,4,11-13H2,(H,23,24);3-11,16,18H,2,12H2,1H3;1-3H2;2*1H4;/q;;;;;;-1/i;;;;;;1+1. The van der Waals surface area contributed by atoms with Crippen molar-refractivity contribution in [1.29, 1.82) is 0 Å². The maximum absolute atomic E-state index is 12.2. The number of hydrogen-bond acceptors (Lipinski definition) is 8. The molecule has 452 valence electrons. The van der Waals surface area contributed by atoms with Crippen LogP contribution in [0.15, 0.2) is 164 Å². The molecular formula is C63H75BrF9O9-. The minimum Gasteiger partial charge on any atom is -1.00 e. The van der Waals surface area contributed by atoms with E-state index in [1.165, 1.54) is 0 Å². The molecule has 82 heavy (non-hydrogen) atoms. The first-order valence-electron chi connectivity index (χ1n) is 25.7. The van der Waals surface area contributed by atoms with E-state index >= 15 is 0 Å². The van der Waals surface area contributed by atoms with Gasteiger partial charge in [0.05, 0.1) is 45.7 Å². The summed E-state index contributed by atoms with van der Waals surface area (Å²) in [4.78, 5) is 34.9. The summed E-state index contributed by atoms with van der Waals surface area (Å²) in [6.45, 7) is 4.26. The van der Waals surface area contributed by atoms with Crippen molar-refractivity contribution in [2.75, 3.05) is 31.8 Å². The van der Waals surface area contributed by atoms with Gasteiger partial charge in [0, 0.05) is 42.3 Å². The average molecular weight is 1230 g/mol. The van der Waals surface area contributed by atoms with E-state index < -0.39 is 43.8 Å². The van der Waals surface area contributed by atoms with Gasteiger partial charge in [-0.3, -0.25) is 14.4 Å². The lowest BCUT2D eigenvalue weighted by Gasteiger charge is -2.18. The van der Waals surface area contributed by atoms with Crippen LogP contribution in [0.1, 0.15) is 139 Å². The van der Waals surface area contributed by atoms with E-state index in [9.17, 15) is 59.0 Å². The zero-order valence-corrected chi connectivity index (χ0v) is 45.8. The lowest BCUT2D eigenvalue weighted by molar-refractivity contribution is -0.144. The summed E-state index contributed by atoms with van der Waals surface area (Å²) in [6.07, 6.45) is -14.3. The molecule has 6 aromatic carbocycles. The number of carboxylic acid groups (broad SMARTS) is 1. The number of phenolic OH excluding ortho intramolecular Hbond substituents is 1. The minimum atomic E-state index is -4.17. The molecule has 0 heterocycles. The van der Waals surface area contributed by atoms with Crippen LogP contribution in [0.25, 0.3) is 0 Å². The number of ether oxygens (including phenoxy) is 4. The van der Waals surface area contributed by atoms with Crippen molar-refractivity contribution in [3.8, 4) is 17.2 Å². The lowest BCUT2D eigenvalue weighted by atomic mass is 9.88. The smallest absolute Gasteiger partial charge is 0.389 e. The predicted octanol–water partition coefficient (Wildman–Crippen LogP) is 18.1. The molecule has 0 amide bonds. The third-order valence-corrected chi connectivity index (χ3v) is 12.1. The van der Waals surface area contributed by atoms with E-state index in [2.05, 4.69) is 15.9 Å². The molecule has 3 unspecified atom stereocenters. The van der Waals surface area contributed by atoms with Crippen molar-refractivity contribution in [3.63, 3.8) is 0 Å².